The van der Waals surface area contributed by atoms with Crippen LogP contribution in [0.5, 0.6) is 5.75 Å². The molecule has 0 bridgehead atoms. The van der Waals surface area contributed by atoms with Crippen LogP contribution in [-0.2, 0) is 11.2 Å². The lowest BCUT2D eigenvalue weighted by Gasteiger charge is -2.21. The van der Waals surface area contributed by atoms with E-state index in [1.54, 1.807) is 7.11 Å². The molecular formula is C17H25NO2. The molecule has 0 radical (unpaired) electrons. The first-order valence-corrected chi connectivity index (χ1v) is 7.53. The van der Waals surface area contributed by atoms with Gasteiger partial charge in [-0.15, -0.1) is 0 Å². The van der Waals surface area contributed by atoms with Crippen molar-refractivity contribution in [2.45, 2.75) is 46.0 Å². The van der Waals surface area contributed by atoms with E-state index in [1.165, 1.54) is 24.0 Å². The average molecular weight is 275 g/mol. The minimum absolute atomic E-state index is 0.230. The second kappa shape index (κ2) is 6.78. The predicted molar refractivity (Wildman–Crippen MR) is 81.2 cm³/mol. The van der Waals surface area contributed by atoms with Gasteiger partial charge in [0.1, 0.15) is 5.75 Å². The SMILES string of the molecule is COc1cc(C)c(C)cc1CC(=O)N1CCCCCC1. The number of carbonyl (C=O) groups is 1. The molecule has 3 nitrogen and oxygen atoms in total. The van der Waals surface area contributed by atoms with Gasteiger partial charge in [-0.2, -0.15) is 0 Å². The Morgan fingerprint density at radius 3 is 2.30 bits per heavy atom. The van der Waals surface area contributed by atoms with Crippen molar-refractivity contribution < 1.29 is 9.53 Å². The van der Waals surface area contributed by atoms with Gasteiger partial charge < -0.3 is 9.64 Å². The van der Waals surface area contributed by atoms with Crippen molar-refractivity contribution in [2.75, 3.05) is 20.2 Å². The van der Waals surface area contributed by atoms with Gasteiger partial charge in [0.05, 0.1) is 13.5 Å². The van der Waals surface area contributed by atoms with E-state index in [0.29, 0.717) is 6.42 Å². The van der Waals surface area contributed by atoms with E-state index >= 15 is 0 Å². The first-order chi connectivity index (χ1) is 9.61. The van der Waals surface area contributed by atoms with Gasteiger partial charge in [0.15, 0.2) is 0 Å². The number of methoxy groups -OCH3 is 1. The second-order valence-electron chi connectivity index (χ2n) is 5.72. The maximum absolute atomic E-state index is 12.5. The van der Waals surface area contributed by atoms with Crippen LogP contribution in [0, 0.1) is 13.8 Å². The van der Waals surface area contributed by atoms with Crippen LogP contribution in [0.1, 0.15) is 42.4 Å². The molecule has 1 heterocycles. The van der Waals surface area contributed by atoms with Gasteiger partial charge in [-0.25, -0.2) is 0 Å². The third kappa shape index (κ3) is 3.53. The highest BCUT2D eigenvalue weighted by Gasteiger charge is 2.18. The summed E-state index contributed by atoms with van der Waals surface area (Å²) in [6.07, 6.45) is 5.21. The fourth-order valence-corrected chi connectivity index (χ4v) is 2.77. The summed E-state index contributed by atoms with van der Waals surface area (Å²) in [6, 6.07) is 4.12. The molecule has 0 atom stereocenters. The summed E-state index contributed by atoms with van der Waals surface area (Å²) in [5, 5.41) is 0. The Morgan fingerprint density at radius 2 is 1.70 bits per heavy atom. The van der Waals surface area contributed by atoms with Crippen LogP contribution in [0.25, 0.3) is 0 Å². The summed E-state index contributed by atoms with van der Waals surface area (Å²) in [6.45, 7) is 5.96. The van der Waals surface area contributed by atoms with Crippen molar-refractivity contribution in [3.05, 3.63) is 28.8 Å². The first kappa shape index (κ1) is 14.9. The Morgan fingerprint density at radius 1 is 1.10 bits per heavy atom. The Bertz CT molecular complexity index is 474. The van der Waals surface area contributed by atoms with E-state index in [9.17, 15) is 4.79 Å². The first-order valence-electron chi connectivity index (χ1n) is 7.53. The number of carbonyl (C=O) groups excluding carboxylic acids is 1. The highest BCUT2D eigenvalue weighted by atomic mass is 16.5. The molecule has 0 saturated carbocycles. The zero-order valence-electron chi connectivity index (χ0n) is 12.9. The lowest BCUT2D eigenvalue weighted by atomic mass is 10.0. The number of aryl methyl sites for hydroxylation is 2. The van der Waals surface area contributed by atoms with Crippen molar-refractivity contribution in [1.29, 1.82) is 0 Å². The minimum atomic E-state index is 0.230. The molecule has 1 aromatic rings. The third-order valence-electron chi connectivity index (χ3n) is 4.20. The fraction of sp³-hybridized carbons (Fsp3) is 0.588. The van der Waals surface area contributed by atoms with Crippen molar-refractivity contribution in [2.24, 2.45) is 0 Å². The molecule has 0 N–H and O–H groups in total. The van der Waals surface area contributed by atoms with Crippen LogP contribution in [0.2, 0.25) is 0 Å². The van der Waals surface area contributed by atoms with E-state index in [4.69, 9.17) is 4.74 Å². The normalized spacial score (nSPS) is 15.8. The highest BCUT2D eigenvalue weighted by Crippen LogP contribution is 2.24. The second-order valence-corrected chi connectivity index (χ2v) is 5.72. The fourth-order valence-electron chi connectivity index (χ4n) is 2.77. The molecular weight excluding hydrogens is 250 g/mol. The molecule has 0 aliphatic carbocycles. The van der Waals surface area contributed by atoms with Crippen molar-refractivity contribution in [3.63, 3.8) is 0 Å². The van der Waals surface area contributed by atoms with E-state index in [1.807, 2.05) is 11.0 Å². The smallest absolute Gasteiger partial charge is 0.227 e. The zero-order chi connectivity index (χ0) is 14.5. The Kier molecular flexibility index (Phi) is 5.05. The molecule has 110 valence electrons. The van der Waals surface area contributed by atoms with E-state index < -0.39 is 0 Å². The number of amides is 1. The number of likely N-dealkylation sites (tertiary alicyclic amines) is 1. The van der Waals surface area contributed by atoms with Crippen molar-refractivity contribution in [1.82, 2.24) is 4.90 Å². The highest BCUT2D eigenvalue weighted by molar-refractivity contribution is 5.79. The van der Waals surface area contributed by atoms with Crippen LogP contribution in [0.4, 0.5) is 0 Å². The summed E-state index contributed by atoms with van der Waals surface area (Å²) in [4.78, 5) is 14.5. The number of hydrogen-bond donors (Lipinski definition) is 0. The van der Waals surface area contributed by atoms with Gasteiger partial charge in [-0.3, -0.25) is 4.79 Å². The van der Waals surface area contributed by atoms with Crippen LogP contribution >= 0.6 is 0 Å². The molecule has 0 unspecified atom stereocenters. The average Bonchev–Trinajstić information content (AvgIpc) is 2.71. The number of nitrogens with zero attached hydrogens (tertiary/aromatic N) is 1. The summed E-state index contributed by atoms with van der Waals surface area (Å²) in [7, 11) is 1.67. The summed E-state index contributed by atoms with van der Waals surface area (Å²) in [5.74, 6) is 1.06. The monoisotopic (exact) mass is 275 g/mol. The number of benzene rings is 1. The third-order valence-corrected chi connectivity index (χ3v) is 4.20. The van der Waals surface area contributed by atoms with Gasteiger partial charge >= 0.3 is 0 Å². The quantitative estimate of drug-likeness (QED) is 0.847. The standard InChI is InChI=1S/C17H25NO2/c1-13-10-15(16(20-3)11-14(13)2)12-17(19)18-8-6-4-5-7-9-18/h10-11H,4-9,12H2,1-3H3. The number of ether oxygens (including phenoxy) is 1. The lowest BCUT2D eigenvalue weighted by Crippen LogP contribution is -2.33. The molecule has 0 aromatic heterocycles. The van der Waals surface area contributed by atoms with Crippen LogP contribution in [0.3, 0.4) is 0 Å². The number of hydrogen-bond acceptors (Lipinski definition) is 2. The van der Waals surface area contributed by atoms with E-state index in [0.717, 1.165) is 37.2 Å². The molecule has 1 aliphatic rings. The molecule has 2 rings (SSSR count). The number of rotatable bonds is 3. The van der Waals surface area contributed by atoms with Gasteiger partial charge in [-0.05, 0) is 43.9 Å². The predicted octanol–water partition coefficient (Wildman–Crippen LogP) is 3.26. The largest absolute Gasteiger partial charge is 0.496 e. The van der Waals surface area contributed by atoms with Crippen LogP contribution in [0.15, 0.2) is 12.1 Å². The molecule has 1 saturated heterocycles. The van der Waals surface area contributed by atoms with Crippen molar-refractivity contribution in [3.8, 4) is 5.75 Å². The lowest BCUT2D eigenvalue weighted by molar-refractivity contribution is -0.130. The Labute approximate surface area is 121 Å². The molecule has 1 amide bonds. The summed E-state index contributed by atoms with van der Waals surface area (Å²) >= 11 is 0. The van der Waals surface area contributed by atoms with E-state index in [2.05, 4.69) is 19.9 Å². The zero-order valence-corrected chi connectivity index (χ0v) is 12.9. The van der Waals surface area contributed by atoms with Gasteiger partial charge in [0.2, 0.25) is 5.91 Å². The maximum atomic E-state index is 12.5. The van der Waals surface area contributed by atoms with Gasteiger partial charge in [0, 0.05) is 18.7 Å². The van der Waals surface area contributed by atoms with E-state index in [-0.39, 0.29) is 5.91 Å². The Balaban J connectivity index is 2.12. The van der Waals surface area contributed by atoms with Crippen molar-refractivity contribution >= 4 is 5.91 Å². The van der Waals surface area contributed by atoms with Crippen LogP contribution < -0.4 is 4.74 Å². The molecule has 20 heavy (non-hydrogen) atoms. The van der Waals surface area contributed by atoms with Gasteiger partial charge in [0.25, 0.3) is 0 Å². The maximum Gasteiger partial charge on any atom is 0.227 e. The van der Waals surface area contributed by atoms with Gasteiger partial charge in [-0.1, -0.05) is 18.9 Å². The minimum Gasteiger partial charge on any atom is -0.496 e. The summed E-state index contributed by atoms with van der Waals surface area (Å²) in [5.41, 5.74) is 3.42. The molecule has 1 aromatic carbocycles. The molecule has 0 spiro atoms. The summed E-state index contributed by atoms with van der Waals surface area (Å²) < 4.78 is 5.42. The topological polar surface area (TPSA) is 29.5 Å². The molecule has 1 aliphatic heterocycles. The molecule has 1 fully saturated rings. The molecule has 3 heteroatoms. The van der Waals surface area contributed by atoms with Crippen LogP contribution in [-0.4, -0.2) is 31.0 Å². The Hall–Kier alpha value is -1.51.